The fraction of sp³-hybridized carbons (Fsp3) is 0. The third kappa shape index (κ3) is 23.5. The van der Waals surface area contributed by atoms with Gasteiger partial charge in [0.05, 0.1) is 0 Å². The van der Waals surface area contributed by atoms with Crippen LogP contribution in [0.5, 0.6) is 0 Å². The molecule has 0 N–H and O–H groups in total. The summed E-state index contributed by atoms with van der Waals surface area (Å²) in [4.78, 5) is 0. The molecule has 0 saturated heterocycles. The van der Waals surface area contributed by atoms with E-state index in [1.807, 2.05) is 0 Å². The molecule has 6 heavy (non-hydrogen) atoms. The number of halogens is 3. The van der Waals surface area contributed by atoms with Crippen molar-refractivity contribution in [2.75, 3.05) is 0 Å². The van der Waals surface area contributed by atoms with Gasteiger partial charge in [0.1, 0.15) is 0 Å². The van der Waals surface area contributed by atoms with Gasteiger partial charge in [-0.05, 0) is 0 Å². The second kappa shape index (κ2) is 33.5. The van der Waals surface area contributed by atoms with E-state index in [-0.39, 0.29) is 149 Å². The summed E-state index contributed by atoms with van der Waals surface area (Å²) in [7, 11) is 0. The van der Waals surface area contributed by atoms with Gasteiger partial charge in [0.15, 0.2) is 0 Å². The monoisotopic (exact) mass is 608 g/mol. The van der Waals surface area contributed by atoms with Crippen molar-refractivity contribution >= 4 is 37.2 Å². The summed E-state index contributed by atoms with van der Waals surface area (Å²) in [6.45, 7) is 0. The first-order valence-corrected chi connectivity index (χ1v) is 0. The maximum Gasteiger partial charge on any atom is 0 e. The summed E-state index contributed by atoms with van der Waals surface area (Å²) >= 11 is 0. The van der Waals surface area contributed by atoms with Crippen LogP contribution in [0, 0.1) is 112 Å². The normalized spacial score (nSPS) is 0. The zero-order valence-corrected chi connectivity index (χ0v) is 10.1. The molecule has 60 valence electrons. The van der Waals surface area contributed by atoms with Crippen LogP contribution in [-0.2, 0) is 0 Å². The molecule has 0 aliphatic heterocycles. The Morgan fingerprint density at radius 3 is 0.667 bits per heavy atom. The van der Waals surface area contributed by atoms with E-state index in [4.69, 9.17) is 0 Å². The number of rotatable bonds is 0. The molecule has 0 aromatic carbocycles. The molecule has 0 atom stereocenters. The van der Waals surface area contributed by atoms with E-state index in [9.17, 15) is 0 Å². The molecule has 0 heterocycles. The van der Waals surface area contributed by atoms with Crippen LogP contribution in [-0.4, -0.2) is 0 Å². The van der Waals surface area contributed by atoms with Crippen molar-refractivity contribution in [2.24, 2.45) is 0 Å². The van der Waals surface area contributed by atoms with Crippen molar-refractivity contribution in [1.29, 1.82) is 0 Å². The van der Waals surface area contributed by atoms with Crippen molar-refractivity contribution in [3.8, 4) is 0 Å². The van der Waals surface area contributed by atoms with Crippen molar-refractivity contribution in [3.05, 3.63) is 0 Å². The summed E-state index contributed by atoms with van der Waals surface area (Å²) in [5, 5.41) is 0. The van der Waals surface area contributed by atoms with E-state index in [0.29, 0.717) is 0 Å². The number of hydrogen-bond donors (Lipinski definition) is 0. The second-order valence-electron chi connectivity index (χ2n) is 0. The predicted molar refractivity (Wildman–Crippen MR) is 21.7 cm³/mol. The van der Waals surface area contributed by atoms with Crippen LogP contribution in [0.4, 0.5) is 0 Å². The van der Waals surface area contributed by atoms with E-state index in [1.165, 1.54) is 0 Å². The van der Waals surface area contributed by atoms with Crippen LogP contribution in [0.2, 0.25) is 0 Å². The summed E-state index contributed by atoms with van der Waals surface area (Å²) in [6, 6.07) is 0. The average molecular weight is 611 g/mol. The Labute approximate surface area is 145 Å². The molecule has 0 fully saturated rings. The van der Waals surface area contributed by atoms with E-state index in [0.717, 1.165) is 0 Å². The summed E-state index contributed by atoms with van der Waals surface area (Å²) in [6.07, 6.45) is 0. The van der Waals surface area contributed by atoms with Crippen molar-refractivity contribution in [3.63, 3.8) is 0 Å². The molecule has 2 radical (unpaired) electrons. The minimum atomic E-state index is 0. The van der Waals surface area contributed by atoms with Gasteiger partial charge in [-0.2, -0.15) is 0 Å². The van der Waals surface area contributed by atoms with Crippen LogP contribution in [0.25, 0.3) is 0 Å². The van der Waals surface area contributed by atoms with E-state index in [2.05, 4.69) is 0 Å². The van der Waals surface area contributed by atoms with Crippen molar-refractivity contribution in [2.45, 2.75) is 0 Å². The van der Waals surface area contributed by atoms with E-state index < -0.39 is 0 Å². The fourth-order valence-electron chi connectivity index (χ4n) is 0. The minimum Gasteiger partial charge on any atom is -0.147 e. The summed E-state index contributed by atoms with van der Waals surface area (Å²) in [5.74, 6) is 0. The Hall–Kier alpha value is 4.61. The van der Waals surface area contributed by atoms with Crippen molar-refractivity contribution in [1.82, 2.24) is 0 Å². The summed E-state index contributed by atoms with van der Waals surface area (Å²) < 4.78 is 0. The third-order valence-corrected chi connectivity index (χ3v) is 0. The molecule has 0 aliphatic carbocycles. The van der Waals surface area contributed by atoms with Gasteiger partial charge in [-0.15, -0.1) is 37.2 Å². The van der Waals surface area contributed by atoms with E-state index in [1.54, 1.807) is 0 Å². The van der Waals surface area contributed by atoms with Gasteiger partial charge in [-0.3, -0.25) is 0 Å². The van der Waals surface area contributed by atoms with Gasteiger partial charge in [0, 0.05) is 112 Å². The predicted octanol–water partition coefficient (Wildman–Crippen LogP) is 1.27. The molecule has 0 aromatic heterocycles. The van der Waals surface area contributed by atoms with Crippen LogP contribution < -0.4 is 0 Å². The first-order valence-electron chi connectivity index (χ1n) is 0. The molecule has 0 spiro atoms. The Kier molecular flexibility index (Phi) is 258. The third-order valence-electron chi connectivity index (χ3n) is 0. The van der Waals surface area contributed by atoms with Gasteiger partial charge < -0.3 is 0 Å². The molecule has 0 bridgehead atoms. The van der Waals surface area contributed by atoms with Crippen LogP contribution >= 0.6 is 37.2 Å². The van der Waals surface area contributed by atoms with Crippen molar-refractivity contribution < 1.29 is 112 Å². The molecule has 0 amide bonds. The molecule has 0 aromatic rings. The zero-order chi connectivity index (χ0) is 0. The zero-order valence-electron chi connectivity index (χ0n) is 2.09. The average Bonchev–Trinajstić information content (AvgIpc) is 0. The molecule has 0 saturated carbocycles. The molecular formula is H3Cl3ErHoTm. The van der Waals surface area contributed by atoms with Crippen LogP contribution in [0.3, 0.4) is 0 Å². The Balaban J connectivity index is 0. The molecule has 0 unspecified atom stereocenters. The Morgan fingerprint density at radius 1 is 0.667 bits per heavy atom. The first-order chi connectivity index (χ1) is 0. The Bertz CT molecular complexity index is 10.8. The largest absolute Gasteiger partial charge is 0.147 e. The standard InChI is InChI=1S/3ClH.Er.Ho.Tm/h3*1H;;;. The molecule has 0 aliphatic rings. The number of hydrogen-bond acceptors (Lipinski definition) is 0. The first kappa shape index (κ1) is 46.1. The molecular weight excluding hydrogens is 607 g/mol. The maximum atomic E-state index is 0. The van der Waals surface area contributed by atoms with Crippen LogP contribution in [0.1, 0.15) is 0 Å². The second-order valence-corrected chi connectivity index (χ2v) is 0. The Morgan fingerprint density at radius 2 is 0.667 bits per heavy atom. The van der Waals surface area contributed by atoms with Gasteiger partial charge in [0.25, 0.3) is 0 Å². The molecule has 0 nitrogen and oxygen atoms in total. The minimum absolute atomic E-state index is 0. The fourth-order valence-corrected chi connectivity index (χ4v) is 0. The van der Waals surface area contributed by atoms with Gasteiger partial charge >= 0.3 is 0 Å². The van der Waals surface area contributed by atoms with Gasteiger partial charge in [-0.1, -0.05) is 0 Å². The van der Waals surface area contributed by atoms with Gasteiger partial charge in [-0.25, -0.2) is 0 Å². The summed E-state index contributed by atoms with van der Waals surface area (Å²) in [5.41, 5.74) is 0. The topological polar surface area (TPSA) is 0 Å². The molecule has 6 heteroatoms. The molecule has 0 rings (SSSR count). The van der Waals surface area contributed by atoms with E-state index >= 15 is 0 Å². The SMILES string of the molecule is Cl.Cl.Cl.[Er].[Ho].[Tm]. The van der Waals surface area contributed by atoms with Crippen LogP contribution in [0.15, 0.2) is 0 Å². The smallest absolute Gasteiger partial charge is 0 e. The quantitative estimate of drug-likeness (QED) is 0.363. The van der Waals surface area contributed by atoms with Gasteiger partial charge in [0.2, 0.25) is 0 Å². The maximum absolute atomic E-state index is 0.